The molecule has 0 radical (unpaired) electrons. The molecule has 17 heavy (non-hydrogen) atoms. The maximum atomic E-state index is 4.78. The third-order valence-corrected chi connectivity index (χ3v) is 4.20. The fourth-order valence-corrected chi connectivity index (χ4v) is 3.18. The summed E-state index contributed by atoms with van der Waals surface area (Å²) < 4.78 is 0. The molecule has 1 aromatic rings. The zero-order chi connectivity index (χ0) is 11.3. The highest BCUT2D eigenvalue weighted by molar-refractivity contribution is 5.85. The highest BCUT2D eigenvalue weighted by Crippen LogP contribution is 2.39. The van der Waals surface area contributed by atoms with Gasteiger partial charge < -0.3 is 4.90 Å². The Morgan fingerprint density at radius 3 is 2.29 bits per heavy atom. The predicted octanol–water partition coefficient (Wildman–Crippen LogP) is 2.24. The van der Waals surface area contributed by atoms with Gasteiger partial charge in [-0.25, -0.2) is 0 Å². The average Bonchev–Trinajstić information content (AvgIpc) is 2.84. The van der Waals surface area contributed by atoms with Gasteiger partial charge in [0.25, 0.3) is 0 Å². The van der Waals surface area contributed by atoms with Crippen LogP contribution in [0.3, 0.4) is 0 Å². The van der Waals surface area contributed by atoms with Crippen molar-refractivity contribution >= 4 is 12.4 Å². The van der Waals surface area contributed by atoms with Crippen molar-refractivity contribution in [1.82, 2.24) is 14.9 Å². The van der Waals surface area contributed by atoms with E-state index in [0.29, 0.717) is 5.92 Å². The summed E-state index contributed by atoms with van der Waals surface area (Å²) in [5.41, 5.74) is 4.57. The Bertz CT molecular complexity index is 433. The van der Waals surface area contributed by atoms with Crippen LogP contribution in [0, 0.1) is 26.7 Å². The molecule has 3 atom stereocenters. The zero-order valence-corrected chi connectivity index (χ0v) is 11.5. The number of piperidine rings is 1. The quantitative estimate of drug-likeness (QED) is 0.769. The zero-order valence-electron chi connectivity index (χ0n) is 10.7. The molecule has 0 amide bonds. The van der Waals surface area contributed by atoms with Crippen molar-refractivity contribution in [2.24, 2.45) is 5.92 Å². The Balaban J connectivity index is 0.00000108. The standard InChI is InChI=1S/C13H19N3.ClH/c1-8-9(2)15-13(10(3)14-8)12-7-16-5-4-11(12)6-16;/h11-12H,4-7H2,1-3H3;1H/t11?,12-;/m1./s1. The predicted molar refractivity (Wildman–Crippen MR) is 70.8 cm³/mol. The Hall–Kier alpha value is -0.670. The minimum absolute atomic E-state index is 0. The van der Waals surface area contributed by atoms with Gasteiger partial charge in [-0.1, -0.05) is 0 Å². The summed E-state index contributed by atoms with van der Waals surface area (Å²) in [6.45, 7) is 9.98. The molecule has 3 heterocycles. The van der Waals surface area contributed by atoms with Crippen LogP contribution in [0.5, 0.6) is 0 Å². The largest absolute Gasteiger partial charge is 0.302 e. The van der Waals surface area contributed by atoms with E-state index in [-0.39, 0.29) is 12.4 Å². The molecular weight excluding hydrogens is 234 g/mol. The summed E-state index contributed by atoms with van der Waals surface area (Å²) in [7, 11) is 0. The number of hydrogen-bond acceptors (Lipinski definition) is 3. The van der Waals surface area contributed by atoms with E-state index >= 15 is 0 Å². The van der Waals surface area contributed by atoms with Crippen molar-refractivity contribution in [3.05, 3.63) is 22.8 Å². The number of rotatable bonds is 1. The fraction of sp³-hybridized carbons (Fsp3) is 0.692. The van der Waals surface area contributed by atoms with E-state index in [0.717, 1.165) is 23.0 Å². The first-order valence-electron chi connectivity index (χ1n) is 6.19. The van der Waals surface area contributed by atoms with E-state index < -0.39 is 0 Å². The average molecular weight is 254 g/mol. The van der Waals surface area contributed by atoms with Crippen LogP contribution in [0.15, 0.2) is 0 Å². The number of halogens is 1. The molecule has 2 aliphatic rings. The third kappa shape index (κ3) is 2.06. The lowest BCUT2D eigenvalue weighted by Crippen LogP contribution is -2.24. The molecule has 0 aromatic carbocycles. The Morgan fingerprint density at radius 1 is 1.00 bits per heavy atom. The lowest BCUT2D eigenvalue weighted by Gasteiger charge is -2.23. The van der Waals surface area contributed by atoms with Crippen molar-refractivity contribution in [2.75, 3.05) is 19.6 Å². The molecule has 2 fully saturated rings. The summed E-state index contributed by atoms with van der Waals surface area (Å²) in [4.78, 5) is 12.0. The van der Waals surface area contributed by atoms with Gasteiger partial charge in [0.2, 0.25) is 0 Å². The van der Waals surface area contributed by atoms with Gasteiger partial charge in [0.15, 0.2) is 0 Å². The van der Waals surface area contributed by atoms with Crippen LogP contribution in [0.2, 0.25) is 0 Å². The molecule has 1 aromatic heterocycles. The van der Waals surface area contributed by atoms with Crippen molar-refractivity contribution < 1.29 is 0 Å². The van der Waals surface area contributed by atoms with Gasteiger partial charge in [-0.05, 0) is 39.7 Å². The van der Waals surface area contributed by atoms with E-state index in [2.05, 4.69) is 23.7 Å². The number of nitrogens with zero attached hydrogens (tertiary/aromatic N) is 3. The minimum Gasteiger partial charge on any atom is -0.302 e. The van der Waals surface area contributed by atoms with Crippen LogP contribution >= 0.6 is 12.4 Å². The summed E-state index contributed by atoms with van der Waals surface area (Å²) >= 11 is 0. The van der Waals surface area contributed by atoms with Crippen LogP contribution in [0.1, 0.15) is 35.1 Å². The highest BCUT2D eigenvalue weighted by Gasteiger charge is 2.40. The van der Waals surface area contributed by atoms with Crippen LogP contribution < -0.4 is 0 Å². The first-order chi connectivity index (χ1) is 7.65. The first kappa shape index (κ1) is 12.8. The van der Waals surface area contributed by atoms with Gasteiger partial charge in [-0.3, -0.25) is 9.97 Å². The van der Waals surface area contributed by atoms with Crippen LogP contribution in [0.4, 0.5) is 0 Å². The van der Waals surface area contributed by atoms with Crippen molar-refractivity contribution in [1.29, 1.82) is 0 Å². The lowest BCUT2D eigenvalue weighted by atomic mass is 9.88. The van der Waals surface area contributed by atoms with Gasteiger partial charge in [-0.15, -0.1) is 12.4 Å². The van der Waals surface area contributed by atoms with E-state index in [4.69, 9.17) is 4.98 Å². The molecule has 3 nitrogen and oxygen atoms in total. The summed E-state index contributed by atoms with van der Waals surface area (Å²) in [6.07, 6.45) is 1.35. The molecule has 4 heteroatoms. The molecule has 2 bridgehead atoms. The Labute approximate surface area is 109 Å². The van der Waals surface area contributed by atoms with E-state index in [1.165, 1.54) is 31.7 Å². The highest BCUT2D eigenvalue weighted by atomic mass is 35.5. The number of aryl methyl sites for hydroxylation is 3. The van der Waals surface area contributed by atoms with Crippen LogP contribution in [-0.2, 0) is 0 Å². The van der Waals surface area contributed by atoms with E-state index in [1.54, 1.807) is 0 Å². The van der Waals surface area contributed by atoms with Gasteiger partial charge in [-0.2, -0.15) is 0 Å². The molecule has 2 saturated heterocycles. The summed E-state index contributed by atoms with van der Waals surface area (Å²) in [5, 5.41) is 0. The molecule has 0 aliphatic carbocycles. The maximum absolute atomic E-state index is 4.78. The van der Waals surface area contributed by atoms with E-state index in [9.17, 15) is 0 Å². The topological polar surface area (TPSA) is 29.0 Å². The summed E-state index contributed by atoms with van der Waals surface area (Å²) in [6, 6.07) is 0. The van der Waals surface area contributed by atoms with Crippen molar-refractivity contribution in [3.8, 4) is 0 Å². The molecule has 0 spiro atoms. The molecule has 3 rings (SSSR count). The van der Waals surface area contributed by atoms with Gasteiger partial charge in [0.1, 0.15) is 0 Å². The van der Waals surface area contributed by atoms with Crippen molar-refractivity contribution in [2.45, 2.75) is 33.1 Å². The monoisotopic (exact) mass is 253 g/mol. The van der Waals surface area contributed by atoms with Gasteiger partial charge in [0, 0.05) is 19.0 Å². The lowest BCUT2D eigenvalue weighted by molar-refractivity contribution is 0.342. The Kier molecular flexibility index (Phi) is 3.41. The van der Waals surface area contributed by atoms with Crippen LogP contribution in [-0.4, -0.2) is 34.5 Å². The second kappa shape index (κ2) is 4.54. The van der Waals surface area contributed by atoms with Crippen LogP contribution in [0.25, 0.3) is 0 Å². The molecule has 2 aliphatic heterocycles. The molecule has 0 N–H and O–H groups in total. The molecule has 2 unspecified atom stereocenters. The third-order valence-electron chi connectivity index (χ3n) is 4.20. The van der Waals surface area contributed by atoms with Crippen molar-refractivity contribution in [3.63, 3.8) is 0 Å². The smallest absolute Gasteiger partial charge is 0.0666 e. The normalized spacial score (nSPS) is 30.4. The first-order valence-corrected chi connectivity index (χ1v) is 6.19. The molecular formula is C13H20ClN3. The molecule has 94 valence electrons. The molecule has 0 saturated carbocycles. The second-order valence-corrected chi connectivity index (χ2v) is 5.28. The minimum atomic E-state index is 0. The fourth-order valence-electron chi connectivity index (χ4n) is 3.18. The Morgan fingerprint density at radius 2 is 1.71 bits per heavy atom. The summed E-state index contributed by atoms with van der Waals surface area (Å²) in [5.74, 6) is 1.47. The SMILES string of the molecule is Cc1nc(C)c([C@@H]2CN3CCC2C3)nc1C.Cl. The van der Waals surface area contributed by atoms with Gasteiger partial charge in [0.05, 0.1) is 22.8 Å². The maximum Gasteiger partial charge on any atom is 0.0666 e. The van der Waals surface area contributed by atoms with Gasteiger partial charge >= 0.3 is 0 Å². The number of fused-ring (bicyclic) bond motifs is 2. The number of hydrogen-bond donors (Lipinski definition) is 0. The van der Waals surface area contributed by atoms with E-state index in [1.807, 2.05) is 6.92 Å². The number of aromatic nitrogens is 2. The second-order valence-electron chi connectivity index (χ2n) is 5.28.